The van der Waals surface area contributed by atoms with Gasteiger partial charge in [0.2, 0.25) is 0 Å². The molecule has 7 N–H and O–H groups in total. The van der Waals surface area contributed by atoms with Gasteiger partial charge >= 0.3 is 5.97 Å². The van der Waals surface area contributed by atoms with Crippen molar-refractivity contribution >= 4 is 16.1 Å². The van der Waals surface area contributed by atoms with E-state index in [1.54, 1.807) is 0 Å². The third-order valence-electron chi connectivity index (χ3n) is 0.741. The molecule has 7 nitrogen and oxygen atoms in total. The van der Waals surface area contributed by atoms with Crippen LogP contribution in [0.5, 0.6) is 0 Å². The van der Waals surface area contributed by atoms with Gasteiger partial charge in [0.25, 0.3) is 10.1 Å². The van der Waals surface area contributed by atoms with Crippen molar-refractivity contribution in [3.8, 4) is 0 Å². The van der Waals surface area contributed by atoms with Crippen LogP contribution < -0.4 is 11.9 Å². The van der Waals surface area contributed by atoms with Gasteiger partial charge in [0, 0.05) is 12.1 Å². The summed E-state index contributed by atoms with van der Waals surface area (Å²) in [6, 6.07) is 0. The molecule has 0 aliphatic rings. The first-order valence-electron chi connectivity index (χ1n) is 3.24. The molecule has 0 radical (unpaired) electrons. The zero-order chi connectivity index (χ0) is 11.1. The quantitative estimate of drug-likeness (QED) is 0.380. The molecule has 0 rings (SSSR count). The van der Waals surface area contributed by atoms with Crippen molar-refractivity contribution < 1.29 is 22.9 Å². The Morgan fingerprint density at radius 3 is 1.79 bits per heavy atom. The first kappa shape index (κ1) is 18.8. The highest BCUT2D eigenvalue weighted by atomic mass is 32.2. The van der Waals surface area contributed by atoms with Crippen LogP contribution in [-0.4, -0.2) is 36.3 Å². The summed E-state index contributed by atoms with van der Waals surface area (Å²) >= 11 is 0. The molecule has 0 fully saturated rings. The summed E-state index contributed by atoms with van der Waals surface area (Å²) in [6.45, 7) is 4.57. The fourth-order valence-electron chi connectivity index (χ4n) is 0.149. The lowest BCUT2D eigenvalue weighted by atomic mass is 10.4. The smallest absolute Gasteiger partial charge is 0.330 e. The van der Waals surface area contributed by atoms with E-state index >= 15 is 0 Å². The standard InChI is InChI=1S/C4H6O2.C2H7NO3S.H3N/c1-3(2)4(5)6;3-1-2-7(4,5)6;/h1H2,2H3,(H,5,6);1-3H2,(H,4,5,6);1H3. The molecule has 0 aromatic heterocycles. The highest BCUT2D eigenvalue weighted by Gasteiger charge is 1.98. The third-order valence-corrected chi connectivity index (χ3v) is 1.49. The molecule has 0 heterocycles. The topological polar surface area (TPSA) is 153 Å². The van der Waals surface area contributed by atoms with Crippen molar-refractivity contribution in [3.05, 3.63) is 12.2 Å². The van der Waals surface area contributed by atoms with Crippen molar-refractivity contribution in [2.45, 2.75) is 6.92 Å². The van der Waals surface area contributed by atoms with Crippen LogP contribution in [0.3, 0.4) is 0 Å². The first-order chi connectivity index (χ1) is 5.70. The zero-order valence-corrected chi connectivity index (χ0v) is 8.75. The van der Waals surface area contributed by atoms with Gasteiger partial charge in [-0.2, -0.15) is 8.42 Å². The van der Waals surface area contributed by atoms with Gasteiger partial charge in [0.05, 0.1) is 5.75 Å². The molecule has 14 heavy (non-hydrogen) atoms. The first-order valence-corrected chi connectivity index (χ1v) is 4.85. The highest BCUT2D eigenvalue weighted by molar-refractivity contribution is 7.85. The molecule has 0 saturated heterocycles. The van der Waals surface area contributed by atoms with Crippen molar-refractivity contribution in [2.75, 3.05) is 12.3 Å². The number of hydrogen-bond acceptors (Lipinski definition) is 5. The fraction of sp³-hybridized carbons (Fsp3) is 0.500. The molecule has 0 unspecified atom stereocenters. The minimum atomic E-state index is -3.80. The minimum absolute atomic E-state index is 0. The Bertz CT molecular complexity index is 260. The number of carboxylic acid groups (broad SMARTS) is 1. The Morgan fingerprint density at radius 2 is 1.79 bits per heavy atom. The summed E-state index contributed by atoms with van der Waals surface area (Å²) < 4.78 is 27.3. The molecule has 0 spiro atoms. The van der Waals surface area contributed by atoms with Gasteiger partial charge in [-0.15, -0.1) is 0 Å². The Balaban J connectivity index is -0.000000163. The number of hydrogen-bond donors (Lipinski definition) is 4. The van der Waals surface area contributed by atoms with Crippen LogP contribution in [0.25, 0.3) is 0 Å². The van der Waals surface area contributed by atoms with Gasteiger partial charge in [-0.1, -0.05) is 6.58 Å². The molecule has 0 bridgehead atoms. The van der Waals surface area contributed by atoms with E-state index in [0.717, 1.165) is 0 Å². The predicted molar refractivity (Wildman–Crippen MR) is 52.9 cm³/mol. The van der Waals surface area contributed by atoms with E-state index < -0.39 is 16.1 Å². The Labute approximate surface area is 82.9 Å². The van der Waals surface area contributed by atoms with Crippen LogP contribution >= 0.6 is 0 Å². The van der Waals surface area contributed by atoms with Gasteiger partial charge in [-0.3, -0.25) is 4.55 Å². The SMILES string of the molecule is C=C(C)C(=O)O.N.NCCS(=O)(=O)O. The molecule has 86 valence electrons. The summed E-state index contributed by atoms with van der Waals surface area (Å²) in [4.78, 5) is 9.60. The maximum absolute atomic E-state index is 9.71. The molecular weight excluding hydrogens is 212 g/mol. The maximum Gasteiger partial charge on any atom is 0.330 e. The Hall–Kier alpha value is -0.960. The van der Waals surface area contributed by atoms with Crippen LogP contribution in [-0.2, 0) is 14.9 Å². The van der Waals surface area contributed by atoms with Gasteiger partial charge in [0.1, 0.15) is 0 Å². The third kappa shape index (κ3) is 22.5. The lowest BCUT2D eigenvalue weighted by molar-refractivity contribution is -0.132. The second kappa shape index (κ2) is 8.63. The number of rotatable bonds is 3. The highest BCUT2D eigenvalue weighted by Crippen LogP contribution is 1.81. The van der Waals surface area contributed by atoms with Crippen molar-refractivity contribution in [1.29, 1.82) is 0 Å². The van der Waals surface area contributed by atoms with Crippen LogP contribution in [0.1, 0.15) is 6.92 Å². The lowest BCUT2D eigenvalue weighted by Gasteiger charge is -1.86. The number of nitrogens with two attached hydrogens (primary N) is 1. The van der Waals surface area contributed by atoms with Gasteiger partial charge < -0.3 is 17.0 Å². The van der Waals surface area contributed by atoms with Gasteiger partial charge in [-0.05, 0) is 6.92 Å². The van der Waals surface area contributed by atoms with Crippen LogP contribution in [0, 0.1) is 0 Å². The lowest BCUT2D eigenvalue weighted by Crippen LogP contribution is -2.13. The number of aliphatic carboxylic acids is 1. The van der Waals surface area contributed by atoms with Crippen LogP contribution in [0.15, 0.2) is 12.2 Å². The summed E-state index contributed by atoms with van der Waals surface area (Å²) in [7, 11) is -3.80. The maximum atomic E-state index is 9.71. The molecule has 8 heteroatoms. The van der Waals surface area contributed by atoms with E-state index in [2.05, 4.69) is 6.58 Å². The molecule has 0 amide bonds. The monoisotopic (exact) mass is 228 g/mol. The number of carboxylic acids is 1. The van der Waals surface area contributed by atoms with Crippen molar-refractivity contribution in [3.63, 3.8) is 0 Å². The Morgan fingerprint density at radius 1 is 1.50 bits per heavy atom. The van der Waals surface area contributed by atoms with Crippen LogP contribution in [0.4, 0.5) is 0 Å². The van der Waals surface area contributed by atoms with Crippen LogP contribution in [0.2, 0.25) is 0 Å². The normalized spacial score (nSPS) is 9.07. The largest absolute Gasteiger partial charge is 0.478 e. The average Bonchev–Trinajstić information content (AvgIpc) is 1.85. The van der Waals surface area contributed by atoms with Crippen molar-refractivity contribution in [2.24, 2.45) is 5.73 Å². The minimum Gasteiger partial charge on any atom is -0.478 e. The molecule has 0 aromatic carbocycles. The molecule has 0 aliphatic carbocycles. The van der Waals surface area contributed by atoms with E-state index in [1.165, 1.54) is 6.92 Å². The molecule has 0 atom stereocenters. The molecule has 0 aliphatic heterocycles. The van der Waals surface area contributed by atoms with Gasteiger partial charge in [-0.25, -0.2) is 4.79 Å². The predicted octanol–water partition coefficient (Wildman–Crippen LogP) is -0.358. The average molecular weight is 228 g/mol. The van der Waals surface area contributed by atoms with E-state index in [4.69, 9.17) is 15.4 Å². The second-order valence-corrected chi connectivity index (χ2v) is 3.73. The zero-order valence-electron chi connectivity index (χ0n) is 7.93. The fourth-order valence-corrected chi connectivity index (χ4v) is 0.447. The Kier molecular flexibility index (Phi) is 11.6. The van der Waals surface area contributed by atoms with E-state index in [-0.39, 0.29) is 24.0 Å². The molecule has 0 saturated carbocycles. The van der Waals surface area contributed by atoms with Gasteiger partial charge in [0.15, 0.2) is 0 Å². The van der Waals surface area contributed by atoms with E-state index in [9.17, 15) is 13.2 Å². The van der Waals surface area contributed by atoms with E-state index in [0.29, 0.717) is 0 Å². The summed E-state index contributed by atoms with van der Waals surface area (Å²) in [5, 5.41) is 7.89. The molecular formula is C6H16N2O5S. The summed E-state index contributed by atoms with van der Waals surface area (Å²) in [5.74, 6) is -1.29. The molecule has 0 aromatic rings. The summed E-state index contributed by atoms with van der Waals surface area (Å²) in [5.41, 5.74) is 4.95. The summed E-state index contributed by atoms with van der Waals surface area (Å²) in [6.07, 6.45) is 0. The van der Waals surface area contributed by atoms with E-state index in [1.807, 2.05) is 0 Å². The van der Waals surface area contributed by atoms with Crippen molar-refractivity contribution in [1.82, 2.24) is 6.15 Å². The number of carbonyl (C=O) groups is 1. The second-order valence-electron chi connectivity index (χ2n) is 2.16.